The van der Waals surface area contributed by atoms with Crippen LogP contribution in [0.25, 0.3) is 10.9 Å². The van der Waals surface area contributed by atoms with Crippen molar-refractivity contribution in [2.24, 2.45) is 0 Å². The number of hydrogen-bond donors (Lipinski definition) is 1. The van der Waals surface area contributed by atoms with E-state index in [1.165, 1.54) is 24.4 Å². The third-order valence-electron chi connectivity index (χ3n) is 2.78. The fraction of sp³-hybridized carbons (Fsp3) is 0.231. The van der Waals surface area contributed by atoms with Gasteiger partial charge in [0.05, 0.1) is 17.0 Å². The molecule has 0 atom stereocenters. The van der Waals surface area contributed by atoms with E-state index >= 15 is 0 Å². The Hall–Kier alpha value is -2.15. The first kappa shape index (κ1) is 14.3. The van der Waals surface area contributed by atoms with Gasteiger partial charge in [0, 0.05) is 17.8 Å². The molecule has 1 N–H and O–H groups in total. The Morgan fingerprint density at radius 1 is 1.35 bits per heavy atom. The summed E-state index contributed by atoms with van der Waals surface area (Å²) in [7, 11) is -3.36. The largest absolute Gasteiger partial charge is 0.462 e. The lowest BCUT2D eigenvalue weighted by Crippen LogP contribution is -2.18. The van der Waals surface area contributed by atoms with Crippen molar-refractivity contribution in [2.45, 2.75) is 11.8 Å². The second-order valence-corrected chi connectivity index (χ2v) is 6.25. The summed E-state index contributed by atoms with van der Waals surface area (Å²) in [6.45, 7) is 1.81. The van der Waals surface area contributed by atoms with Crippen LogP contribution in [0.2, 0.25) is 0 Å². The van der Waals surface area contributed by atoms with E-state index in [0.717, 1.165) is 6.26 Å². The van der Waals surface area contributed by atoms with Crippen LogP contribution in [0.3, 0.4) is 0 Å². The van der Waals surface area contributed by atoms with E-state index < -0.39 is 21.2 Å². The van der Waals surface area contributed by atoms with Crippen LogP contribution in [0, 0.1) is 0 Å². The first-order valence-corrected chi connectivity index (χ1v) is 7.76. The zero-order chi connectivity index (χ0) is 14.9. The highest BCUT2D eigenvalue weighted by molar-refractivity contribution is 7.90. The molecule has 0 aliphatic heterocycles. The third kappa shape index (κ3) is 2.57. The fourth-order valence-electron chi connectivity index (χ4n) is 1.79. The third-order valence-corrected chi connectivity index (χ3v) is 3.89. The van der Waals surface area contributed by atoms with Crippen LogP contribution in [-0.2, 0) is 14.6 Å². The van der Waals surface area contributed by atoms with E-state index in [1.54, 1.807) is 6.92 Å². The Morgan fingerprint density at radius 2 is 2.05 bits per heavy atom. The summed E-state index contributed by atoms with van der Waals surface area (Å²) >= 11 is 0. The number of carbonyl (C=O) groups is 1. The maximum absolute atomic E-state index is 12.1. The molecule has 0 aliphatic rings. The number of rotatable bonds is 3. The predicted octanol–water partition coefficient (Wildman–Crippen LogP) is 1.11. The summed E-state index contributed by atoms with van der Waals surface area (Å²) in [5.74, 6) is -0.706. The molecule has 1 heterocycles. The van der Waals surface area contributed by atoms with Crippen LogP contribution >= 0.6 is 0 Å². The van der Waals surface area contributed by atoms with Gasteiger partial charge in [-0.3, -0.25) is 4.79 Å². The molecule has 0 unspecified atom stereocenters. The standard InChI is InChI=1S/C13H13NO5S/c1-3-19-13(16)10-7-14-11-6-8(20(2,17)18)4-5-9(11)12(10)15/h4-7H,3H2,1-2H3,(H,14,15). The molecule has 6 nitrogen and oxygen atoms in total. The van der Waals surface area contributed by atoms with Crippen molar-refractivity contribution in [3.8, 4) is 0 Å². The van der Waals surface area contributed by atoms with E-state index in [2.05, 4.69) is 4.98 Å². The van der Waals surface area contributed by atoms with Crippen molar-refractivity contribution in [3.05, 3.63) is 40.2 Å². The van der Waals surface area contributed by atoms with Gasteiger partial charge in [-0.15, -0.1) is 0 Å². The van der Waals surface area contributed by atoms with Gasteiger partial charge in [0.1, 0.15) is 5.56 Å². The Balaban J connectivity index is 2.65. The van der Waals surface area contributed by atoms with Gasteiger partial charge in [-0.05, 0) is 25.1 Å². The second kappa shape index (κ2) is 5.09. The zero-order valence-electron chi connectivity index (χ0n) is 11.0. The number of aromatic amines is 1. The molecule has 0 saturated carbocycles. The number of carbonyl (C=O) groups excluding carboxylic acids is 1. The molecule has 0 spiro atoms. The molecule has 0 fully saturated rings. The molecule has 0 radical (unpaired) electrons. The molecule has 0 saturated heterocycles. The summed E-state index contributed by atoms with van der Waals surface area (Å²) < 4.78 is 27.7. The van der Waals surface area contributed by atoms with Crippen LogP contribution in [0.5, 0.6) is 0 Å². The molecule has 0 amide bonds. The number of H-pyrrole nitrogens is 1. The maximum atomic E-state index is 12.1. The molecule has 20 heavy (non-hydrogen) atoms. The SMILES string of the molecule is CCOC(=O)c1c[nH]c2cc(S(C)(=O)=O)ccc2c1=O. The maximum Gasteiger partial charge on any atom is 0.343 e. The van der Waals surface area contributed by atoms with E-state index in [-0.39, 0.29) is 22.5 Å². The zero-order valence-corrected chi connectivity index (χ0v) is 11.8. The quantitative estimate of drug-likeness (QED) is 0.856. The number of nitrogens with one attached hydrogen (secondary N) is 1. The van der Waals surface area contributed by atoms with Crippen molar-refractivity contribution >= 4 is 26.7 Å². The first-order chi connectivity index (χ1) is 9.34. The van der Waals surface area contributed by atoms with Crippen molar-refractivity contribution in [3.63, 3.8) is 0 Å². The van der Waals surface area contributed by atoms with Gasteiger partial charge in [-0.25, -0.2) is 13.2 Å². The lowest BCUT2D eigenvalue weighted by atomic mass is 10.1. The summed E-state index contributed by atoms with van der Waals surface area (Å²) in [6, 6.07) is 4.08. The molecular formula is C13H13NO5S. The molecular weight excluding hydrogens is 282 g/mol. The van der Waals surface area contributed by atoms with Crippen molar-refractivity contribution in [1.82, 2.24) is 4.98 Å². The molecule has 2 aromatic rings. The monoisotopic (exact) mass is 295 g/mol. The number of ether oxygens (including phenoxy) is 1. The van der Waals surface area contributed by atoms with E-state index in [0.29, 0.717) is 5.52 Å². The molecule has 106 valence electrons. The van der Waals surface area contributed by atoms with Crippen LogP contribution in [0.1, 0.15) is 17.3 Å². The Kier molecular flexibility index (Phi) is 3.63. The smallest absolute Gasteiger partial charge is 0.343 e. The normalized spacial score (nSPS) is 11.5. The summed E-state index contributed by atoms with van der Waals surface area (Å²) in [5.41, 5.74) is -0.241. The molecule has 0 aliphatic carbocycles. The molecule has 7 heteroatoms. The van der Waals surface area contributed by atoms with Crippen molar-refractivity contribution < 1.29 is 17.9 Å². The summed E-state index contributed by atoms with van der Waals surface area (Å²) in [6.07, 6.45) is 2.31. The van der Waals surface area contributed by atoms with Crippen molar-refractivity contribution in [2.75, 3.05) is 12.9 Å². The molecule has 1 aromatic heterocycles. The summed E-state index contributed by atoms with van der Waals surface area (Å²) in [4.78, 5) is 26.6. The van der Waals surface area contributed by atoms with Gasteiger partial charge in [0.15, 0.2) is 9.84 Å². The topological polar surface area (TPSA) is 93.3 Å². The number of hydrogen-bond acceptors (Lipinski definition) is 5. The Labute approximate surface area is 115 Å². The number of fused-ring (bicyclic) bond motifs is 1. The average molecular weight is 295 g/mol. The Morgan fingerprint density at radius 3 is 2.65 bits per heavy atom. The first-order valence-electron chi connectivity index (χ1n) is 5.87. The highest BCUT2D eigenvalue weighted by atomic mass is 32.2. The van der Waals surface area contributed by atoms with Crippen LogP contribution in [0.4, 0.5) is 0 Å². The second-order valence-electron chi connectivity index (χ2n) is 4.23. The number of benzene rings is 1. The average Bonchev–Trinajstić information content (AvgIpc) is 2.38. The minimum absolute atomic E-state index is 0.101. The van der Waals surface area contributed by atoms with E-state index in [1.807, 2.05) is 0 Å². The number of pyridine rings is 1. The minimum Gasteiger partial charge on any atom is -0.462 e. The summed E-state index contributed by atoms with van der Waals surface area (Å²) in [5, 5.41) is 0.239. The van der Waals surface area contributed by atoms with E-state index in [4.69, 9.17) is 4.74 Å². The lowest BCUT2D eigenvalue weighted by Gasteiger charge is -2.04. The predicted molar refractivity (Wildman–Crippen MR) is 73.6 cm³/mol. The van der Waals surface area contributed by atoms with Gasteiger partial charge < -0.3 is 9.72 Å². The van der Waals surface area contributed by atoms with Gasteiger partial charge in [0.25, 0.3) is 0 Å². The highest BCUT2D eigenvalue weighted by Gasteiger charge is 2.15. The fourth-order valence-corrected chi connectivity index (χ4v) is 2.44. The van der Waals surface area contributed by atoms with Crippen LogP contribution in [-0.4, -0.2) is 32.2 Å². The number of esters is 1. The van der Waals surface area contributed by atoms with Crippen molar-refractivity contribution in [1.29, 1.82) is 0 Å². The minimum atomic E-state index is -3.36. The number of sulfone groups is 1. The number of aromatic nitrogens is 1. The van der Waals surface area contributed by atoms with Gasteiger partial charge >= 0.3 is 5.97 Å². The van der Waals surface area contributed by atoms with Gasteiger partial charge in [-0.1, -0.05) is 0 Å². The molecule has 2 rings (SSSR count). The van der Waals surface area contributed by atoms with E-state index in [9.17, 15) is 18.0 Å². The molecule has 0 bridgehead atoms. The lowest BCUT2D eigenvalue weighted by molar-refractivity contribution is 0.0524. The Bertz CT molecular complexity index is 835. The van der Waals surface area contributed by atoms with Gasteiger partial charge in [-0.2, -0.15) is 0 Å². The van der Waals surface area contributed by atoms with Crippen LogP contribution in [0.15, 0.2) is 34.1 Å². The van der Waals surface area contributed by atoms with Crippen LogP contribution < -0.4 is 5.43 Å². The van der Waals surface area contributed by atoms with Gasteiger partial charge in [0.2, 0.25) is 5.43 Å². The highest BCUT2D eigenvalue weighted by Crippen LogP contribution is 2.15. The molecule has 1 aromatic carbocycles.